The molecule has 0 saturated carbocycles. The Balaban J connectivity index is 1.52. The lowest BCUT2D eigenvalue weighted by Gasteiger charge is -2.02. The first-order chi connectivity index (χ1) is 15.1. The molecule has 0 aliphatic heterocycles. The highest BCUT2D eigenvalue weighted by Gasteiger charge is 2.31. The van der Waals surface area contributed by atoms with Crippen molar-refractivity contribution in [2.45, 2.75) is 6.92 Å². The molecule has 146 valence electrons. The van der Waals surface area contributed by atoms with Crippen LogP contribution >= 0.6 is 22.7 Å². The zero-order chi connectivity index (χ0) is 21.4. The Hall–Kier alpha value is -3.70. The van der Waals surface area contributed by atoms with Crippen molar-refractivity contribution in [3.05, 3.63) is 104 Å². The topological polar surface area (TPSA) is 40.9 Å². The van der Waals surface area contributed by atoms with E-state index < -0.39 is 0 Å². The summed E-state index contributed by atoms with van der Waals surface area (Å²) >= 11 is 3.29. The van der Waals surface area contributed by atoms with Gasteiger partial charge in [-0.1, -0.05) is 54.3 Å². The van der Waals surface area contributed by atoms with Crippen molar-refractivity contribution in [1.82, 2.24) is 0 Å². The van der Waals surface area contributed by atoms with Gasteiger partial charge < -0.3 is 0 Å². The molecule has 4 heteroatoms. The lowest BCUT2D eigenvalue weighted by Crippen LogP contribution is -1.95. The van der Waals surface area contributed by atoms with Crippen LogP contribution < -0.4 is 0 Å². The zero-order valence-corrected chi connectivity index (χ0v) is 18.2. The number of Topliss-reactive ketones (excluding diaryl/α,β-unsaturated/α-hetero) is 1. The van der Waals surface area contributed by atoms with Crippen molar-refractivity contribution in [2.75, 3.05) is 0 Å². The molecule has 2 nitrogen and oxygen atoms in total. The van der Waals surface area contributed by atoms with Gasteiger partial charge >= 0.3 is 0 Å². The third-order valence-electron chi connectivity index (χ3n) is 5.11. The number of hydrogen-bond acceptors (Lipinski definition) is 4. The van der Waals surface area contributed by atoms with Gasteiger partial charge in [-0.05, 0) is 42.8 Å². The second-order valence-electron chi connectivity index (χ2n) is 7.15. The molecule has 0 N–H and O–H groups in total. The molecule has 31 heavy (non-hydrogen) atoms. The van der Waals surface area contributed by atoms with E-state index in [0.29, 0.717) is 16.7 Å². The number of benzene rings is 2. The predicted molar refractivity (Wildman–Crippen MR) is 129 cm³/mol. The number of nitriles is 1. The Labute approximate surface area is 188 Å². The smallest absolute Gasteiger partial charge is 0.194 e. The normalized spacial score (nSPS) is 15.5. The SMILES string of the molecule is C/C(C#N)=C1\C(=C\c2cc3sc(C#Cc4ccccc4)cc3s2)C(=O)c2ccccc21. The molecule has 5 rings (SSSR count). The number of rotatable bonds is 1. The van der Waals surface area contributed by atoms with Crippen LogP contribution in [0.4, 0.5) is 0 Å². The Bertz CT molecular complexity index is 1480. The number of nitrogens with zero attached hydrogens (tertiary/aromatic N) is 1. The second kappa shape index (κ2) is 7.85. The molecule has 1 aliphatic carbocycles. The van der Waals surface area contributed by atoms with Crippen LogP contribution in [0.2, 0.25) is 0 Å². The summed E-state index contributed by atoms with van der Waals surface area (Å²) in [5.41, 5.74) is 4.40. The summed E-state index contributed by atoms with van der Waals surface area (Å²) < 4.78 is 2.31. The fourth-order valence-electron chi connectivity index (χ4n) is 3.69. The van der Waals surface area contributed by atoms with Crippen molar-refractivity contribution in [1.29, 1.82) is 5.26 Å². The highest BCUT2D eigenvalue weighted by atomic mass is 32.1. The second-order valence-corrected chi connectivity index (χ2v) is 9.35. The van der Waals surface area contributed by atoms with Crippen LogP contribution in [0, 0.1) is 23.2 Å². The lowest BCUT2D eigenvalue weighted by atomic mass is 10.00. The van der Waals surface area contributed by atoms with Crippen LogP contribution in [-0.4, -0.2) is 5.78 Å². The number of fused-ring (bicyclic) bond motifs is 2. The number of ketones is 1. The van der Waals surface area contributed by atoms with Gasteiger partial charge in [-0.3, -0.25) is 4.79 Å². The standard InChI is InChI=1S/C27H15NOS2/c1-17(16-28)26-21-9-5-6-10-22(21)27(29)23(26)13-20-15-25-24(31-20)14-19(30-25)12-11-18-7-3-2-4-8-18/h2-10,13-15H,1H3/b23-13-,26-17+. The minimum atomic E-state index is -0.0219. The quantitative estimate of drug-likeness (QED) is 0.185. The summed E-state index contributed by atoms with van der Waals surface area (Å²) in [4.78, 5) is 15.1. The summed E-state index contributed by atoms with van der Waals surface area (Å²) in [7, 11) is 0. The first kappa shape index (κ1) is 19.3. The summed E-state index contributed by atoms with van der Waals surface area (Å²) in [6.45, 7) is 1.77. The Morgan fingerprint density at radius 2 is 1.61 bits per heavy atom. The van der Waals surface area contributed by atoms with Gasteiger partial charge in [-0.2, -0.15) is 5.26 Å². The maximum absolute atomic E-state index is 13.0. The number of hydrogen-bond donors (Lipinski definition) is 0. The van der Waals surface area contributed by atoms with Gasteiger partial charge in [0, 0.05) is 42.1 Å². The van der Waals surface area contributed by atoms with E-state index in [1.165, 1.54) is 0 Å². The van der Waals surface area contributed by atoms with E-state index in [0.717, 1.165) is 35.9 Å². The summed E-state index contributed by atoms with van der Waals surface area (Å²) in [6.07, 6.45) is 1.92. The van der Waals surface area contributed by atoms with E-state index >= 15 is 0 Å². The van der Waals surface area contributed by atoms with Gasteiger partial charge in [0.2, 0.25) is 0 Å². The van der Waals surface area contributed by atoms with Crippen molar-refractivity contribution < 1.29 is 4.79 Å². The molecule has 0 saturated heterocycles. The highest BCUT2D eigenvalue weighted by molar-refractivity contribution is 7.28. The predicted octanol–water partition coefficient (Wildman–Crippen LogP) is 6.94. The third-order valence-corrected chi connectivity index (χ3v) is 7.27. The fraction of sp³-hybridized carbons (Fsp3) is 0.0370. The number of carbonyl (C=O) groups is 1. The van der Waals surface area contributed by atoms with E-state index in [-0.39, 0.29) is 5.78 Å². The van der Waals surface area contributed by atoms with E-state index in [4.69, 9.17) is 0 Å². The Morgan fingerprint density at radius 3 is 2.35 bits per heavy atom. The lowest BCUT2D eigenvalue weighted by molar-refractivity contribution is 0.104. The van der Waals surface area contributed by atoms with Gasteiger partial charge in [0.25, 0.3) is 0 Å². The maximum Gasteiger partial charge on any atom is 0.194 e. The van der Waals surface area contributed by atoms with Gasteiger partial charge in [0.05, 0.1) is 10.9 Å². The van der Waals surface area contributed by atoms with Crippen LogP contribution in [0.1, 0.15) is 38.2 Å². The summed E-state index contributed by atoms with van der Waals surface area (Å²) in [6, 6.07) is 23.9. The Morgan fingerprint density at radius 1 is 0.903 bits per heavy atom. The van der Waals surface area contributed by atoms with E-state index in [2.05, 4.69) is 30.0 Å². The maximum atomic E-state index is 13.0. The minimum absolute atomic E-state index is 0.0219. The number of allylic oxidation sites excluding steroid dienone is 3. The van der Waals surface area contributed by atoms with E-state index in [1.54, 1.807) is 29.6 Å². The molecule has 2 aromatic carbocycles. The molecule has 4 aromatic rings. The van der Waals surface area contributed by atoms with Crippen molar-refractivity contribution in [3.63, 3.8) is 0 Å². The molecule has 0 unspecified atom stereocenters. The average molecular weight is 434 g/mol. The van der Waals surface area contributed by atoms with Gasteiger partial charge in [0.15, 0.2) is 5.78 Å². The Kier molecular flexibility index (Phi) is 4.88. The molecule has 0 amide bonds. The first-order valence-corrected chi connectivity index (χ1v) is 11.3. The van der Waals surface area contributed by atoms with Crippen molar-refractivity contribution in [3.8, 4) is 17.9 Å². The van der Waals surface area contributed by atoms with Gasteiger partial charge in [-0.15, -0.1) is 22.7 Å². The van der Waals surface area contributed by atoms with Crippen LogP contribution in [0.15, 0.2) is 77.9 Å². The van der Waals surface area contributed by atoms with E-state index in [1.807, 2.05) is 60.7 Å². The van der Waals surface area contributed by atoms with Crippen LogP contribution in [0.25, 0.3) is 21.0 Å². The minimum Gasteiger partial charge on any atom is -0.289 e. The molecule has 0 spiro atoms. The first-order valence-electron chi connectivity index (χ1n) is 9.71. The van der Waals surface area contributed by atoms with Crippen LogP contribution in [-0.2, 0) is 0 Å². The number of carbonyl (C=O) groups excluding carboxylic acids is 1. The molecule has 0 fully saturated rings. The molecule has 0 bridgehead atoms. The monoisotopic (exact) mass is 433 g/mol. The van der Waals surface area contributed by atoms with Crippen LogP contribution in [0.5, 0.6) is 0 Å². The molecule has 1 aliphatic rings. The fourth-order valence-corrected chi connectivity index (χ4v) is 5.89. The largest absolute Gasteiger partial charge is 0.289 e. The third kappa shape index (κ3) is 3.53. The number of thiophene rings is 2. The van der Waals surface area contributed by atoms with Gasteiger partial charge in [-0.25, -0.2) is 0 Å². The summed E-state index contributed by atoms with van der Waals surface area (Å²) in [5.74, 6) is 6.42. The molecule has 0 radical (unpaired) electrons. The van der Waals surface area contributed by atoms with Crippen LogP contribution in [0.3, 0.4) is 0 Å². The summed E-state index contributed by atoms with van der Waals surface area (Å²) in [5, 5.41) is 9.48. The van der Waals surface area contributed by atoms with Crippen molar-refractivity contribution >= 4 is 49.5 Å². The molecule has 2 heterocycles. The van der Waals surface area contributed by atoms with Crippen molar-refractivity contribution in [2.24, 2.45) is 0 Å². The zero-order valence-electron chi connectivity index (χ0n) is 16.6. The molecule has 0 atom stereocenters. The molecule has 2 aromatic heterocycles. The average Bonchev–Trinajstić information content (AvgIpc) is 3.43. The molecular weight excluding hydrogens is 418 g/mol. The van der Waals surface area contributed by atoms with Gasteiger partial charge in [0.1, 0.15) is 0 Å². The van der Waals surface area contributed by atoms with E-state index in [9.17, 15) is 10.1 Å². The molecular formula is C27H15NOS2. The highest BCUT2D eigenvalue weighted by Crippen LogP contribution is 2.41.